The maximum absolute atomic E-state index is 12.4. The van der Waals surface area contributed by atoms with E-state index >= 15 is 0 Å². The molecule has 26 heavy (non-hydrogen) atoms. The lowest BCUT2D eigenvalue weighted by Crippen LogP contribution is -2.46. The summed E-state index contributed by atoms with van der Waals surface area (Å²) in [5, 5.41) is 0.625. The molecule has 0 bridgehead atoms. The first-order valence-electron chi connectivity index (χ1n) is 8.33. The summed E-state index contributed by atoms with van der Waals surface area (Å²) in [6.45, 7) is 1.15. The Morgan fingerprint density at radius 2 is 2.04 bits per heavy atom. The number of carbonyl (C=O) groups excluding carboxylic acids is 1. The Morgan fingerprint density at radius 1 is 1.27 bits per heavy atom. The fraction of sp³-hybridized carbons (Fsp3) is 0.389. The van der Waals surface area contributed by atoms with Crippen molar-refractivity contribution < 1.29 is 19.0 Å². The number of hydrogen-bond acceptors (Lipinski definition) is 6. The van der Waals surface area contributed by atoms with Crippen LogP contribution < -0.4 is 14.2 Å². The van der Waals surface area contributed by atoms with E-state index in [1.165, 1.54) is 19.5 Å². The van der Waals surface area contributed by atoms with Crippen molar-refractivity contribution in [1.29, 1.82) is 0 Å². The average molecular weight is 378 g/mol. The number of aromatic nitrogens is 2. The smallest absolute Gasteiger partial charge is 0.260 e. The number of rotatable bonds is 6. The van der Waals surface area contributed by atoms with Crippen molar-refractivity contribution in [3.63, 3.8) is 0 Å². The minimum Gasteiger partial charge on any atom is -0.484 e. The van der Waals surface area contributed by atoms with Crippen LogP contribution in [0.3, 0.4) is 0 Å². The third-order valence-electron chi connectivity index (χ3n) is 3.99. The number of amides is 1. The van der Waals surface area contributed by atoms with Crippen LogP contribution in [0.15, 0.2) is 36.7 Å². The number of ether oxygens (including phenoxy) is 3. The van der Waals surface area contributed by atoms with Crippen LogP contribution in [0, 0.1) is 0 Å². The molecule has 0 spiro atoms. The Morgan fingerprint density at radius 3 is 2.81 bits per heavy atom. The van der Waals surface area contributed by atoms with Gasteiger partial charge in [0.2, 0.25) is 11.8 Å². The molecule has 2 aromatic rings. The molecule has 0 aliphatic carbocycles. The van der Waals surface area contributed by atoms with Gasteiger partial charge in [-0.25, -0.2) is 0 Å². The van der Waals surface area contributed by atoms with Gasteiger partial charge in [-0.1, -0.05) is 11.6 Å². The molecule has 1 fully saturated rings. The van der Waals surface area contributed by atoms with Gasteiger partial charge < -0.3 is 19.1 Å². The predicted molar refractivity (Wildman–Crippen MR) is 95.8 cm³/mol. The second kappa shape index (κ2) is 8.71. The van der Waals surface area contributed by atoms with Gasteiger partial charge in [0.1, 0.15) is 11.9 Å². The maximum atomic E-state index is 12.4. The molecule has 7 nitrogen and oxygen atoms in total. The highest BCUT2D eigenvalue weighted by Gasteiger charge is 2.25. The van der Waals surface area contributed by atoms with Crippen LogP contribution >= 0.6 is 11.6 Å². The van der Waals surface area contributed by atoms with Crippen molar-refractivity contribution >= 4 is 17.5 Å². The van der Waals surface area contributed by atoms with E-state index in [2.05, 4.69) is 9.97 Å². The van der Waals surface area contributed by atoms with Crippen molar-refractivity contribution in [2.75, 3.05) is 26.8 Å². The van der Waals surface area contributed by atoms with Crippen molar-refractivity contribution in [2.45, 2.75) is 18.9 Å². The molecule has 0 saturated carbocycles. The predicted octanol–water partition coefficient (Wildman–Crippen LogP) is 2.59. The van der Waals surface area contributed by atoms with Crippen molar-refractivity contribution in [3.05, 3.63) is 41.7 Å². The molecule has 0 radical (unpaired) electrons. The second-order valence-corrected chi connectivity index (χ2v) is 6.30. The molecule has 1 amide bonds. The van der Waals surface area contributed by atoms with E-state index in [1.54, 1.807) is 29.2 Å². The Balaban J connectivity index is 1.52. The monoisotopic (exact) mass is 377 g/mol. The third kappa shape index (κ3) is 4.98. The largest absolute Gasteiger partial charge is 0.484 e. The zero-order chi connectivity index (χ0) is 18.4. The zero-order valence-corrected chi connectivity index (χ0v) is 15.2. The molecule has 138 valence electrons. The van der Waals surface area contributed by atoms with Crippen LogP contribution in [0.1, 0.15) is 12.8 Å². The summed E-state index contributed by atoms with van der Waals surface area (Å²) in [5.74, 6) is 1.31. The van der Waals surface area contributed by atoms with E-state index in [-0.39, 0.29) is 18.6 Å². The Kier molecular flexibility index (Phi) is 6.12. The van der Waals surface area contributed by atoms with Crippen molar-refractivity contribution in [3.8, 4) is 17.5 Å². The topological polar surface area (TPSA) is 73.8 Å². The van der Waals surface area contributed by atoms with Gasteiger partial charge in [-0.15, -0.1) is 0 Å². The SMILES string of the molecule is COc1cncc(OC2CCCN(C(=O)COc3ccc(Cl)cc3)C2)n1. The van der Waals surface area contributed by atoms with Crippen LogP contribution in [0.25, 0.3) is 0 Å². The molecular formula is C18H20ClN3O4. The van der Waals surface area contributed by atoms with Gasteiger partial charge in [0.05, 0.1) is 26.0 Å². The molecule has 1 atom stereocenters. The number of benzene rings is 1. The molecule has 2 heterocycles. The molecule has 0 N–H and O–H groups in total. The fourth-order valence-electron chi connectivity index (χ4n) is 2.69. The molecule has 1 aromatic heterocycles. The molecule has 8 heteroatoms. The van der Waals surface area contributed by atoms with Gasteiger partial charge in [0.15, 0.2) is 6.61 Å². The van der Waals surface area contributed by atoms with E-state index in [1.807, 2.05) is 0 Å². The summed E-state index contributed by atoms with van der Waals surface area (Å²) in [7, 11) is 1.52. The van der Waals surface area contributed by atoms with Crippen LogP contribution in [0.5, 0.6) is 17.5 Å². The molecule has 1 aromatic carbocycles. The van der Waals surface area contributed by atoms with Gasteiger partial charge >= 0.3 is 0 Å². The van der Waals surface area contributed by atoms with E-state index in [0.717, 1.165) is 12.8 Å². The minimum atomic E-state index is -0.135. The number of likely N-dealkylation sites (tertiary alicyclic amines) is 1. The van der Waals surface area contributed by atoms with Crippen molar-refractivity contribution in [2.24, 2.45) is 0 Å². The lowest BCUT2D eigenvalue weighted by Gasteiger charge is -2.32. The molecule has 1 aliphatic rings. The summed E-state index contributed by atoms with van der Waals surface area (Å²) < 4.78 is 16.4. The number of carbonyl (C=O) groups is 1. The quantitative estimate of drug-likeness (QED) is 0.770. The number of halogens is 1. The van der Waals surface area contributed by atoms with Crippen LogP contribution in [-0.4, -0.2) is 53.7 Å². The molecule has 3 rings (SSSR count). The summed E-state index contributed by atoms with van der Waals surface area (Å²) in [5.41, 5.74) is 0. The third-order valence-corrected chi connectivity index (χ3v) is 4.25. The highest BCUT2D eigenvalue weighted by atomic mass is 35.5. The summed E-state index contributed by atoms with van der Waals surface area (Å²) in [4.78, 5) is 22.4. The van der Waals surface area contributed by atoms with E-state index < -0.39 is 0 Å². The normalized spacial score (nSPS) is 16.8. The minimum absolute atomic E-state index is 0.0205. The number of nitrogens with zero attached hydrogens (tertiary/aromatic N) is 3. The van der Waals surface area contributed by atoms with Crippen molar-refractivity contribution in [1.82, 2.24) is 14.9 Å². The molecule has 1 unspecified atom stereocenters. The van der Waals surface area contributed by atoms with E-state index in [4.69, 9.17) is 25.8 Å². The molecule has 1 saturated heterocycles. The van der Waals surface area contributed by atoms with Crippen LogP contribution in [0.2, 0.25) is 5.02 Å². The van der Waals surface area contributed by atoms with E-state index in [9.17, 15) is 4.79 Å². The molecular weight excluding hydrogens is 358 g/mol. The number of piperidine rings is 1. The average Bonchev–Trinajstić information content (AvgIpc) is 2.67. The van der Waals surface area contributed by atoms with Crippen LogP contribution in [0.4, 0.5) is 0 Å². The lowest BCUT2D eigenvalue weighted by atomic mass is 10.1. The summed E-state index contributed by atoms with van der Waals surface area (Å²) in [6.07, 6.45) is 4.62. The van der Waals surface area contributed by atoms with Gasteiger partial charge in [-0.2, -0.15) is 4.98 Å². The Hall–Kier alpha value is -2.54. The van der Waals surface area contributed by atoms with Crippen LogP contribution in [-0.2, 0) is 4.79 Å². The first-order valence-corrected chi connectivity index (χ1v) is 8.70. The first-order chi connectivity index (χ1) is 12.6. The molecule has 1 aliphatic heterocycles. The second-order valence-electron chi connectivity index (χ2n) is 5.86. The highest BCUT2D eigenvalue weighted by molar-refractivity contribution is 6.30. The Bertz CT molecular complexity index is 741. The standard InChI is InChI=1S/C18H20ClN3O4/c1-24-16-9-20-10-17(21-16)26-15-3-2-8-22(11-15)18(23)12-25-14-6-4-13(19)5-7-14/h4-7,9-10,15H,2-3,8,11-12H2,1H3. The zero-order valence-electron chi connectivity index (χ0n) is 14.4. The number of methoxy groups -OCH3 is 1. The van der Waals surface area contributed by atoms with E-state index in [0.29, 0.717) is 35.6 Å². The van der Waals surface area contributed by atoms with Gasteiger partial charge in [0, 0.05) is 11.6 Å². The maximum Gasteiger partial charge on any atom is 0.260 e. The lowest BCUT2D eigenvalue weighted by molar-refractivity contribution is -0.136. The summed E-state index contributed by atoms with van der Waals surface area (Å²) in [6, 6.07) is 6.92. The summed E-state index contributed by atoms with van der Waals surface area (Å²) >= 11 is 5.84. The highest BCUT2D eigenvalue weighted by Crippen LogP contribution is 2.19. The van der Waals surface area contributed by atoms with Gasteiger partial charge in [0.25, 0.3) is 5.91 Å². The first kappa shape index (κ1) is 18.3. The fourth-order valence-corrected chi connectivity index (χ4v) is 2.81. The van der Waals surface area contributed by atoms with Gasteiger partial charge in [-0.3, -0.25) is 9.78 Å². The van der Waals surface area contributed by atoms with Gasteiger partial charge in [-0.05, 0) is 37.1 Å². The Labute approximate surface area is 156 Å². The number of hydrogen-bond donors (Lipinski definition) is 0.